The second kappa shape index (κ2) is 7.67. The number of nitrogens with zero attached hydrogens (tertiary/aromatic N) is 1. The van der Waals surface area contributed by atoms with Gasteiger partial charge in [-0.25, -0.2) is 4.79 Å². The lowest BCUT2D eigenvalue weighted by atomic mass is 9.80. The number of rotatable bonds is 6. The first-order chi connectivity index (χ1) is 13.0. The van der Waals surface area contributed by atoms with Crippen molar-refractivity contribution in [2.45, 2.75) is 25.1 Å². The minimum absolute atomic E-state index is 0.103. The predicted molar refractivity (Wildman–Crippen MR) is 99.5 cm³/mol. The van der Waals surface area contributed by atoms with Crippen LogP contribution in [0.15, 0.2) is 54.6 Å². The Kier molecular flexibility index (Phi) is 5.32. The Morgan fingerprint density at radius 2 is 1.85 bits per heavy atom. The number of carbonyl (C=O) groups excluding carboxylic acids is 2. The van der Waals surface area contributed by atoms with Gasteiger partial charge in [0.25, 0.3) is 5.91 Å². The number of alkyl carbamates (subject to hydrolysis) is 1. The third-order valence-electron chi connectivity index (χ3n) is 4.73. The molecule has 3 rings (SSSR count). The summed E-state index contributed by atoms with van der Waals surface area (Å²) in [7, 11) is 1.56. The van der Waals surface area contributed by atoms with Crippen LogP contribution < -0.4 is 15.0 Å². The average Bonchev–Trinajstić information content (AvgIpc) is 2.71. The van der Waals surface area contributed by atoms with Crippen LogP contribution in [-0.4, -0.2) is 42.4 Å². The molecule has 1 aliphatic rings. The second-order valence-corrected chi connectivity index (χ2v) is 6.53. The maximum Gasteiger partial charge on any atom is 0.408 e. The van der Waals surface area contributed by atoms with Crippen molar-refractivity contribution in [3.63, 3.8) is 0 Å². The van der Waals surface area contributed by atoms with Gasteiger partial charge in [0, 0.05) is 5.69 Å². The number of methoxy groups -OCH3 is 1. The first-order valence-electron chi connectivity index (χ1n) is 8.56. The molecule has 142 valence electrons. The van der Waals surface area contributed by atoms with Crippen molar-refractivity contribution < 1.29 is 24.2 Å². The van der Waals surface area contributed by atoms with Gasteiger partial charge in [-0.2, -0.15) is 0 Å². The van der Waals surface area contributed by atoms with E-state index in [1.807, 2.05) is 30.3 Å². The molecule has 0 aliphatic carbocycles. The number of β-lactam (4-membered cyclic amide) rings is 1. The molecule has 0 bridgehead atoms. The molecule has 1 unspecified atom stereocenters. The number of aliphatic hydroxyl groups excluding tert-OH is 1. The van der Waals surface area contributed by atoms with Crippen molar-refractivity contribution >= 4 is 17.7 Å². The molecular formula is C20H22N2O5. The molecule has 27 heavy (non-hydrogen) atoms. The third kappa shape index (κ3) is 3.59. The van der Waals surface area contributed by atoms with E-state index in [9.17, 15) is 14.7 Å². The number of hydrogen-bond acceptors (Lipinski definition) is 5. The standard InChI is InChI=1S/C20H22N2O5/c1-20(13-23)17(21-19(25)27-12-14-6-4-3-5-7-14)18(24)22(20)15-8-10-16(26-2)11-9-15/h3-11,17,23H,12-13H2,1-2H3,(H,21,25)/t17?,20-/m1/s1. The van der Waals surface area contributed by atoms with E-state index < -0.39 is 17.7 Å². The van der Waals surface area contributed by atoms with E-state index in [0.29, 0.717) is 11.4 Å². The normalized spacial score (nSPS) is 21.4. The Bertz CT molecular complexity index is 809. The first-order valence-corrected chi connectivity index (χ1v) is 8.56. The van der Waals surface area contributed by atoms with Crippen LogP contribution in [0.5, 0.6) is 5.75 Å². The van der Waals surface area contributed by atoms with Crippen LogP contribution >= 0.6 is 0 Å². The monoisotopic (exact) mass is 370 g/mol. The van der Waals surface area contributed by atoms with Crippen molar-refractivity contribution in [2.24, 2.45) is 0 Å². The molecule has 1 saturated heterocycles. The lowest BCUT2D eigenvalue weighted by molar-refractivity contribution is -0.132. The quantitative estimate of drug-likeness (QED) is 0.760. The minimum atomic E-state index is -0.961. The second-order valence-electron chi connectivity index (χ2n) is 6.53. The van der Waals surface area contributed by atoms with Crippen molar-refractivity contribution in [1.29, 1.82) is 0 Å². The molecule has 2 atom stereocenters. The highest BCUT2D eigenvalue weighted by Gasteiger charge is 2.58. The Hall–Kier alpha value is -3.06. The van der Waals surface area contributed by atoms with E-state index >= 15 is 0 Å². The lowest BCUT2D eigenvalue weighted by Gasteiger charge is -2.54. The van der Waals surface area contributed by atoms with Crippen LogP contribution in [0.2, 0.25) is 0 Å². The van der Waals surface area contributed by atoms with Gasteiger partial charge in [-0.15, -0.1) is 0 Å². The molecule has 1 heterocycles. The summed E-state index contributed by atoms with van der Waals surface area (Å²) in [6.07, 6.45) is -0.703. The van der Waals surface area contributed by atoms with Crippen LogP contribution in [-0.2, 0) is 16.1 Å². The van der Waals surface area contributed by atoms with Gasteiger partial charge < -0.3 is 19.9 Å². The molecule has 7 nitrogen and oxygen atoms in total. The largest absolute Gasteiger partial charge is 0.497 e. The molecule has 0 aromatic heterocycles. The molecule has 1 aliphatic heterocycles. The fraction of sp³-hybridized carbons (Fsp3) is 0.300. The average molecular weight is 370 g/mol. The zero-order valence-corrected chi connectivity index (χ0v) is 15.2. The van der Waals surface area contributed by atoms with Gasteiger partial charge in [0.15, 0.2) is 0 Å². The number of carbonyl (C=O) groups is 2. The van der Waals surface area contributed by atoms with Crippen LogP contribution in [0.3, 0.4) is 0 Å². The summed E-state index contributed by atoms with van der Waals surface area (Å²) in [6.45, 7) is 1.50. The molecule has 0 spiro atoms. The highest BCUT2D eigenvalue weighted by Crippen LogP contribution is 2.37. The molecule has 0 saturated carbocycles. The van der Waals surface area contributed by atoms with E-state index in [1.54, 1.807) is 38.3 Å². The summed E-state index contributed by atoms with van der Waals surface area (Å²) in [6, 6.07) is 15.3. The highest BCUT2D eigenvalue weighted by molar-refractivity contribution is 6.08. The van der Waals surface area contributed by atoms with Crippen LogP contribution in [0.4, 0.5) is 10.5 Å². The Morgan fingerprint density at radius 3 is 2.44 bits per heavy atom. The maximum atomic E-state index is 12.6. The van der Waals surface area contributed by atoms with Gasteiger partial charge >= 0.3 is 6.09 Å². The van der Waals surface area contributed by atoms with Gasteiger partial charge in [-0.3, -0.25) is 9.69 Å². The SMILES string of the molecule is COc1ccc(N2C(=O)C(NC(=O)OCc3ccccc3)[C@@]2(C)CO)cc1. The van der Waals surface area contributed by atoms with Gasteiger partial charge in [0.05, 0.1) is 19.3 Å². The van der Waals surface area contributed by atoms with Gasteiger partial charge in [-0.05, 0) is 36.8 Å². The molecular weight excluding hydrogens is 348 g/mol. The molecule has 2 amide bonds. The van der Waals surface area contributed by atoms with Crippen LogP contribution in [0, 0.1) is 0 Å². The van der Waals surface area contributed by atoms with E-state index in [4.69, 9.17) is 9.47 Å². The summed E-state index contributed by atoms with van der Waals surface area (Å²) >= 11 is 0. The van der Waals surface area contributed by atoms with Gasteiger partial charge in [0.1, 0.15) is 18.4 Å². The van der Waals surface area contributed by atoms with Crippen molar-refractivity contribution in [3.8, 4) is 5.75 Å². The summed E-state index contributed by atoms with van der Waals surface area (Å²) in [5.74, 6) is 0.352. The van der Waals surface area contributed by atoms with Gasteiger partial charge in [-0.1, -0.05) is 30.3 Å². The van der Waals surface area contributed by atoms with Crippen molar-refractivity contribution in [3.05, 3.63) is 60.2 Å². The Morgan fingerprint density at radius 1 is 1.19 bits per heavy atom. The molecule has 7 heteroatoms. The number of aliphatic hydroxyl groups is 1. The van der Waals surface area contributed by atoms with E-state index in [2.05, 4.69) is 5.32 Å². The zero-order chi connectivity index (χ0) is 19.4. The predicted octanol–water partition coefficient (Wildman–Crippen LogP) is 2.09. The van der Waals surface area contributed by atoms with Gasteiger partial charge in [0.2, 0.25) is 0 Å². The maximum absolute atomic E-state index is 12.6. The highest BCUT2D eigenvalue weighted by atomic mass is 16.5. The zero-order valence-electron chi connectivity index (χ0n) is 15.2. The summed E-state index contributed by atoms with van der Waals surface area (Å²) in [5, 5.41) is 12.4. The number of amides is 2. The molecule has 2 aromatic rings. The molecule has 1 fully saturated rings. The number of anilines is 1. The van der Waals surface area contributed by atoms with E-state index in [1.165, 1.54) is 4.90 Å². The molecule has 0 radical (unpaired) electrons. The molecule has 2 N–H and O–H groups in total. The third-order valence-corrected chi connectivity index (χ3v) is 4.73. The number of ether oxygens (including phenoxy) is 2. The van der Waals surface area contributed by atoms with Crippen LogP contribution in [0.1, 0.15) is 12.5 Å². The fourth-order valence-electron chi connectivity index (χ4n) is 3.13. The number of benzene rings is 2. The van der Waals surface area contributed by atoms with Crippen LogP contribution in [0.25, 0.3) is 0 Å². The van der Waals surface area contributed by atoms with Crippen molar-refractivity contribution in [2.75, 3.05) is 18.6 Å². The molecule has 2 aromatic carbocycles. The first kappa shape index (κ1) is 18.7. The lowest BCUT2D eigenvalue weighted by Crippen LogP contribution is -2.80. The number of hydrogen-bond donors (Lipinski definition) is 2. The summed E-state index contributed by atoms with van der Waals surface area (Å²) < 4.78 is 10.3. The van der Waals surface area contributed by atoms with E-state index in [0.717, 1.165) is 5.56 Å². The fourth-order valence-corrected chi connectivity index (χ4v) is 3.13. The minimum Gasteiger partial charge on any atom is -0.497 e. The summed E-state index contributed by atoms with van der Waals surface area (Å²) in [5.41, 5.74) is 0.502. The Labute approximate surface area is 157 Å². The van der Waals surface area contributed by atoms with Crippen molar-refractivity contribution in [1.82, 2.24) is 5.32 Å². The van der Waals surface area contributed by atoms with E-state index in [-0.39, 0.29) is 19.1 Å². The summed E-state index contributed by atoms with van der Waals surface area (Å²) in [4.78, 5) is 26.2. The topological polar surface area (TPSA) is 88.1 Å². The smallest absolute Gasteiger partial charge is 0.408 e. The Balaban J connectivity index is 1.65. The number of nitrogens with one attached hydrogen (secondary N) is 1.